The summed E-state index contributed by atoms with van der Waals surface area (Å²) in [6.45, 7) is 0.995. The van der Waals surface area contributed by atoms with Gasteiger partial charge in [0.1, 0.15) is 11.9 Å². The van der Waals surface area contributed by atoms with Gasteiger partial charge in [0.25, 0.3) is 0 Å². The van der Waals surface area contributed by atoms with Gasteiger partial charge in [-0.15, -0.1) is 0 Å². The van der Waals surface area contributed by atoms with Gasteiger partial charge >= 0.3 is 0 Å². The lowest BCUT2D eigenvalue weighted by Crippen LogP contribution is -2.43. The van der Waals surface area contributed by atoms with Crippen LogP contribution in [-0.4, -0.2) is 44.7 Å². The van der Waals surface area contributed by atoms with Gasteiger partial charge in [-0.3, -0.25) is 4.79 Å². The molecule has 0 fully saturated rings. The molecule has 0 bridgehead atoms. The number of amides is 1. The lowest BCUT2D eigenvalue weighted by atomic mass is 10.1. The molecule has 1 rings (SSSR count). The molecule has 1 aromatic carbocycles. The molecule has 1 aromatic rings. The topological polar surface area (TPSA) is 67.6 Å². The fourth-order valence-electron chi connectivity index (χ4n) is 1.78. The Bertz CT molecular complexity index is 452. The Morgan fingerprint density at radius 3 is 2.80 bits per heavy atom. The summed E-state index contributed by atoms with van der Waals surface area (Å²) in [5.41, 5.74) is 7.04. The SMILES string of the molecule is COCC(N)C(=O)NCc1ccc(F)c(CN(C)C)c1. The lowest BCUT2D eigenvalue weighted by molar-refractivity contribution is -0.123. The van der Waals surface area contributed by atoms with Crippen molar-refractivity contribution in [3.8, 4) is 0 Å². The molecule has 0 aliphatic carbocycles. The first-order valence-electron chi connectivity index (χ1n) is 6.38. The molecular weight excluding hydrogens is 261 g/mol. The number of nitrogens with one attached hydrogen (secondary N) is 1. The number of nitrogens with two attached hydrogens (primary N) is 1. The highest BCUT2D eigenvalue weighted by molar-refractivity contribution is 5.81. The van der Waals surface area contributed by atoms with Gasteiger partial charge < -0.3 is 20.7 Å². The third-order valence-corrected chi connectivity index (χ3v) is 2.75. The predicted molar refractivity (Wildman–Crippen MR) is 75.5 cm³/mol. The molecule has 0 aromatic heterocycles. The van der Waals surface area contributed by atoms with Crippen molar-refractivity contribution in [1.29, 1.82) is 0 Å². The van der Waals surface area contributed by atoms with Crippen LogP contribution < -0.4 is 11.1 Å². The molecule has 3 N–H and O–H groups in total. The van der Waals surface area contributed by atoms with Crippen LogP contribution in [0.1, 0.15) is 11.1 Å². The van der Waals surface area contributed by atoms with Crippen molar-refractivity contribution >= 4 is 5.91 Å². The summed E-state index contributed by atoms with van der Waals surface area (Å²) in [4.78, 5) is 13.5. The van der Waals surface area contributed by atoms with Crippen LogP contribution >= 0.6 is 0 Å². The maximum atomic E-state index is 13.6. The maximum absolute atomic E-state index is 13.6. The van der Waals surface area contributed by atoms with E-state index in [1.807, 2.05) is 19.0 Å². The van der Waals surface area contributed by atoms with Gasteiger partial charge in [0.15, 0.2) is 0 Å². The fourth-order valence-corrected chi connectivity index (χ4v) is 1.78. The van der Waals surface area contributed by atoms with Gasteiger partial charge in [0.2, 0.25) is 5.91 Å². The second kappa shape index (κ2) is 7.94. The third kappa shape index (κ3) is 5.24. The van der Waals surface area contributed by atoms with Crippen LogP contribution in [0, 0.1) is 5.82 Å². The smallest absolute Gasteiger partial charge is 0.239 e. The molecule has 0 heterocycles. The first kappa shape index (κ1) is 16.6. The van der Waals surface area contributed by atoms with E-state index in [4.69, 9.17) is 10.5 Å². The Labute approximate surface area is 118 Å². The number of rotatable bonds is 7. The summed E-state index contributed by atoms with van der Waals surface area (Å²) < 4.78 is 18.4. The zero-order valence-corrected chi connectivity index (χ0v) is 12.1. The Morgan fingerprint density at radius 1 is 1.50 bits per heavy atom. The average molecular weight is 283 g/mol. The molecule has 1 atom stereocenters. The predicted octanol–water partition coefficient (Wildman–Crippen LogP) is 0.477. The Hall–Kier alpha value is -1.50. The molecule has 1 amide bonds. The van der Waals surface area contributed by atoms with E-state index < -0.39 is 6.04 Å². The van der Waals surface area contributed by atoms with Gasteiger partial charge in [-0.1, -0.05) is 6.07 Å². The minimum atomic E-state index is -0.693. The minimum Gasteiger partial charge on any atom is -0.383 e. The lowest BCUT2D eigenvalue weighted by Gasteiger charge is -2.14. The van der Waals surface area contributed by atoms with Crippen LogP contribution in [0.2, 0.25) is 0 Å². The molecule has 0 saturated heterocycles. The standard InChI is InChI=1S/C14H22FN3O2/c1-18(2)8-11-6-10(4-5-12(11)15)7-17-14(19)13(16)9-20-3/h4-6,13H,7-9,16H2,1-3H3,(H,17,19). The molecule has 0 aliphatic rings. The largest absolute Gasteiger partial charge is 0.383 e. The zero-order valence-electron chi connectivity index (χ0n) is 12.1. The average Bonchev–Trinajstić information content (AvgIpc) is 2.39. The second-order valence-corrected chi connectivity index (χ2v) is 4.94. The van der Waals surface area contributed by atoms with Crippen molar-refractivity contribution in [2.75, 3.05) is 27.8 Å². The number of ether oxygens (including phenoxy) is 1. The monoisotopic (exact) mass is 283 g/mol. The first-order valence-corrected chi connectivity index (χ1v) is 6.38. The van der Waals surface area contributed by atoms with Crippen molar-refractivity contribution in [2.24, 2.45) is 5.73 Å². The highest BCUT2D eigenvalue weighted by Crippen LogP contribution is 2.12. The molecule has 0 saturated carbocycles. The summed E-state index contributed by atoms with van der Waals surface area (Å²) in [5, 5.41) is 2.70. The Kier molecular flexibility index (Phi) is 6.57. The molecule has 20 heavy (non-hydrogen) atoms. The van der Waals surface area contributed by atoms with E-state index in [2.05, 4.69) is 5.32 Å². The minimum absolute atomic E-state index is 0.168. The molecule has 1 unspecified atom stereocenters. The molecule has 5 nitrogen and oxygen atoms in total. The van der Waals surface area contributed by atoms with E-state index in [1.165, 1.54) is 13.2 Å². The summed E-state index contributed by atoms with van der Waals surface area (Å²) in [6, 6.07) is 4.12. The molecule has 112 valence electrons. The van der Waals surface area contributed by atoms with Crippen molar-refractivity contribution in [1.82, 2.24) is 10.2 Å². The molecule has 0 aliphatic heterocycles. The van der Waals surface area contributed by atoms with Crippen molar-refractivity contribution in [3.63, 3.8) is 0 Å². The number of halogens is 1. The van der Waals surface area contributed by atoms with Crippen LogP contribution in [0.4, 0.5) is 4.39 Å². The second-order valence-electron chi connectivity index (χ2n) is 4.94. The molecule has 0 radical (unpaired) electrons. The summed E-state index contributed by atoms with van der Waals surface area (Å²) in [6.07, 6.45) is 0. The van der Waals surface area contributed by atoms with E-state index in [-0.39, 0.29) is 18.3 Å². The number of carbonyl (C=O) groups is 1. The van der Waals surface area contributed by atoms with Crippen molar-refractivity contribution in [3.05, 3.63) is 35.1 Å². The van der Waals surface area contributed by atoms with E-state index >= 15 is 0 Å². The van der Waals surface area contributed by atoms with Crippen LogP contribution in [0.15, 0.2) is 18.2 Å². The number of carbonyl (C=O) groups excluding carboxylic acids is 1. The third-order valence-electron chi connectivity index (χ3n) is 2.75. The van der Waals surface area contributed by atoms with Crippen molar-refractivity contribution < 1.29 is 13.9 Å². The van der Waals surface area contributed by atoms with Crippen molar-refractivity contribution in [2.45, 2.75) is 19.1 Å². The Balaban J connectivity index is 2.62. The Morgan fingerprint density at radius 2 is 2.20 bits per heavy atom. The molecule has 0 spiro atoms. The van der Waals surface area contributed by atoms with E-state index in [9.17, 15) is 9.18 Å². The van der Waals surface area contributed by atoms with E-state index in [1.54, 1.807) is 12.1 Å². The van der Waals surface area contributed by atoms with Gasteiger partial charge in [-0.05, 0) is 31.8 Å². The number of nitrogens with zero attached hydrogens (tertiary/aromatic N) is 1. The first-order chi connectivity index (χ1) is 9.43. The van der Waals surface area contributed by atoms with Crippen LogP contribution in [-0.2, 0) is 22.6 Å². The number of methoxy groups -OCH3 is 1. The van der Waals surface area contributed by atoms with Gasteiger partial charge in [-0.25, -0.2) is 4.39 Å². The number of hydrogen-bond acceptors (Lipinski definition) is 4. The zero-order chi connectivity index (χ0) is 15.1. The molecular formula is C14H22FN3O2. The van der Waals surface area contributed by atoms with Gasteiger partial charge in [0.05, 0.1) is 6.61 Å². The number of benzene rings is 1. The number of hydrogen-bond donors (Lipinski definition) is 2. The van der Waals surface area contributed by atoms with Gasteiger partial charge in [0, 0.05) is 25.8 Å². The fraction of sp³-hybridized carbons (Fsp3) is 0.500. The van der Waals surface area contributed by atoms with Gasteiger partial charge in [-0.2, -0.15) is 0 Å². The highest BCUT2D eigenvalue weighted by atomic mass is 19.1. The van der Waals surface area contributed by atoms with E-state index in [0.29, 0.717) is 18.7 Å². The normalized spacial score (nSPS) is 12.5. The molecule has 6 heteroatoms. The summed E-state index contributed by atoms with van der Waals surface area (Å²) in [5.74, 6) is -0.532. The maximum Gasteiger partial charge on any atom is 0.239 e. The van der Waals surface area contributed by atoms with Crippen LogP contribution in [0.3, 0.4) is 0 Å². The highest BCUT2D eigenvalue weighted by Gasteiger charge is 2.12. The van der Waals surface area contributed by atoms with Crippen LogP contribution in [0.5, 0.6) is 0 Å². The quantitative estimate of drug-likeness (QED) is 0.763. The van der Waals surface area contributed by atoms with Crippen LogP contribution in [0.25, 0.3) is 0 Å². The van der Waals surface area contributed by atoms with E-state index in [0.717, 1.165) is 5.56 Å². The summed E-state index contributed by atoms with van der Waals surface area (Å²) in [7, 11) is 5.23. The summed E-state index contributed by atoms with van der Waals surface area (Å²) >= 11 is 0.